The Morgan fingerprint density at radius 2 is 2.16 bits per heavy atom. The second-order valence-corrected chi connectivity index (χ2v) is 4.35. The lowest BCUT2D eigenvalue weighted by Crippen LogP contribution is -1.96. The molecule has 6 nitrogen and oxygen atoms in total. The molecule has 0 radical (unpaired) electrons. The summed E-state index contributed by atoms with van der Waals surface area (Å²) >= 11 is 0. The number of ether oxygens (including phenoxy) is 3. The van der Waals surface area contributed by atoms with Gasteiger partial charge in [-0.15, -0.1) is 0 Å². The summed E-state index contributed by atoms with van der Waals surface area (Å²) in [6, 6.07) is 5.72. The van der Waals surface area contributed by atoms with Gasteiger partial charge in [0.25, 0.3) is 0 Å². The molecule has 1 aromatic carbocycles. The lowest BCUT2D eigenvalue weighted by atomic mass is 10.1. The molecule has 1 aliphatic rings. The molecule has 0 bridgehead atoms. The maximum absolute atomic E-state index is 5.81. The van der Waals surface area contributed by atoms with E-state index in [0.29, 0.717) is 18.2 Å². The minimum absolute atomic E-state index is 0.214. The van der Waals surface area contributed by atoms with Gasteiger partial charge in [-0.3, -0.25) is 4.68 Å². The number of nitrogen functional groups attached to an aromatic ring is 1. The molecule has 19 heavy (non-hydrogen) atoms. The largest absolute Gasteiger partial charge is 0.453 e. The molecule has 0 saturated carbocycles. The first-order valence-corrected chi connectivity index (χ1v) is 5.91. The number of aryl methyl sites for hydroxylation is 1. The van der Waals surface area contributed by atoms with E-state index in [1.807, 2.05) is 18.2 Å². The van der Waals surface area contributed by atoms with Crippen molar-refractivity contribution < 1.29 is 14.2 Å². The Balaban J connectivity index is 2.10. The Morgan fingerprint density at radius 1 is 1.37 bits per heavy atom. The fourth-order valence-corrected chi connectivity index (χ4v) is 2.14. The van der Waals surface area contributed by atoms with E-state index in [-0.39, 0.29) is 6.79 Å². The molecule has 0 aliphatic carbocycles. The van der Waals surface area contributed by atoms with Gasteiger partial charge < -0.3 is 19.9 Å². The summed E-state index contributed by atoms with van der Waals surface area (Å²) in [7, 11) is 3.45. The number of nitrogens with zero attached hydrogens (tertiary/aromatic N) is 2. The highest BCUT2D eigenvalue weighted by atomic mass is 16.7. The molecule has 0 fully saturated rings. The van der Waals surface area contributed by atoms with Gasteiger partial charge in [-0.1, -0.05) is 6.07 Å². The number of anilines is 1. The van der Waals surface area contributed by atoms with Crippen molar-refractivity contribution in [2.45, 2.75) is 6.61 Å². The zero-order chi connectivity index (χ0) is 13.4. The van der Waals surface area contributed by atoms with Crippen LogP contribution in [0.4, 0.5) is 5.82 Å². The SMILES string of the molecule is COCc1ccc(-c2cc(N)n(C)n2)c2c1OCO2. The number of fused-ring (bicyclic) bond motifs is 1. The van der Waals surface area contributed by atoms with E-state index < -0.39 is 0 Å². The molecule has 6 heteroatoms. The third kappa shape index (κ3) is 1.90. The van der Waals surface area contributed by atoms with Crippen LogP contribution in [-0.2, 0) is 18.4 Å². The van der Waals surface area contributed by atoms with Gasteiger partial charge in [0.1, 0.15) is 5.82 Å². The third-order valence-electron chi connectivity index (χ3n) is 3.09. The molecule has 1 aliphatic heterocycles. The normalized spacial score (nSPS) is 12.9. The van der Waals surface area contributed by atoms with Crippen molar-refractivity contribution in [3.8, 4) is 22.8 Å². The van der Waals surface area contributed by atoms with Crippen LogP contribution in [0.3, 0.4) is 0 Å². The first-order valence-electron chi connectivity index (χ1n) is 5.91. The standard InChI is InChI=1S/C13H15N3O3/c1-16-11(14)5-10(15-16)9-4-3-8(6-17-2)12-13(9)19-7-18-12/h3-5H,6-7,14H2,1-2H3. The minimum Gasteiger partial charge on any atom is -0.453 e. The van der Waals surface area contributed by atoms with E-state index in [1.54, 1.807) is 18.8 Å². The predicted octanol–water partition coefficient (Wildman–Crippen LogP) is 1.54. The molecule has 1 aromatic heterocycles. The maximum atomic E-state index is 5.81. The van der Waals surface area contributed by atoms with Crippen LogP contribution in [0.1, 0.15) is 5.56 Å². The maximum Gasteiger partial charge on any atom is 0.231 e. The van der Waals surface area contributed by atoms with Gasteiger partial charge in [-0.2, -0.15) is 5.10 Å². The highest BCUT2D eigenvalue weighted by molar-refractivity contribution is 5.74. The summed E-state index contributed by atoms with van der Waals surface area (Å²) in [6.07, 6.45) is 0. The molecule has 2 heterocycles. The number of aromatic nitrogens is 2. The van der Waals surface area contributed by atoms with E-state index >= 15 is 0 Å². The van der Waals surface area contributed by atoms with Crippen molar-refractivity contribution >= 4 is 5.82 Å². The molecule has 0 amide bonds. The number of hydrogen-bond acceptors (Lipinski definition) is 5. The minimum atomic E-state index is 0.214. The number of methoxy groups -OCH3 is 1. The van der Waals surface area contributed by atoms with Crippen LogP contribution in [0, 0.1) is 0 Å². The lowest BCUT2D eigenvalue weighted by molar-refractivity contribution is 0.163. The quantitative estimate of drug-likeness (QED) is 0.907. The fourth-order valence-electron chi connectivity index (χ4n) is 2.14. The molecular weight excluding hydrogens is 246 g/mol. The van der Waals surface area contributed by atoms with E-state index in [0.717, 1.165) is 22.6 Å². The van der Waals surface area contributed by atoms with Crippen molar-refractivity contribution in [2.75, 3.05) is 19.6 Å². The van der Waals surface area contributed by atoms with Crippen molar-refractivity contribution in [1.82, 2.24) is 9.78 Å². The second kappa shape index (κ2) is 4.47. The summed E-state index contributed by atoms with van der Waals surface area (Å²) in [5.41, 5.74) is 8.41. The smallest absolute Gasteiger partial charge is 0.231 e. The Bertz CT molecular complexity index is 602. The van der Waals surface area contributed by atoms with Gasteiger partial charge in [0.15, 0.2) is 11.5 Å². The van der Waals surface area contributed by atoms with Crippen LogP contribution in [-0.4, -0.2) is 23.7 Å². The van der Waals surface area contributed by atoms with E-state index in [9.17, 15) is 0 Å². The molecule has 0 atom stereocenters. The van der Waals surface area contributed by atoms with Crippen LogP contribution in [0.5, 0.6) is 11.5 Å². The first kappa shape index (κ1) is 11.9. The number of benzene rings is 1. The predicted molar refractivity (Wildman–Crippen MR) is 69.9 cm³/mol. The van der Waals surface area contributed by atoms with Crippen molar-refractivity contribution in [1.29, 1.82) is 0 Å². The van der Waals surface area contributed by atoms with Crippen LogP contribution >= 0.6 is 0 Å². The van der Waals surface area contributed by atoms with Crippen LogP contribution in [0.25, 0.3) is 11.3 Å². The Hall–Kier alpha value is -2.21. The van der Waals surface area contributed by atoms with Crippen molar-refractivity contribution in [3.63, 3.8) is 0 Å². The Labute approximate surface area is 110 Å². The summed E-state index contributed by atoms with van der Waals surface area (Å²) in [4.78, 5) is 0. The Kier molecular flexibility index (Phi) is 2.79. The first-order chi connectivity index (χ1) is 9.20. The van der Waals surface area contributed by atoms with Crippen molar-refractivity contribution in [2.24, 2.45) is 7.05 Å². The number of nitrogens with two attached hydrogens (primary N) is 1. The van der Waals surface area contributed by atoms with Gasteiger partial charge in [0, 0.05) is 31.4 Å². The van der Waals surface area contributed by atoms with Gasteiger partial charge in [0.05, 0.1) is 12.3 Å². The van der Waals surface area contributed by atoms with Gasteiger partial charge in [0.2, 0.25) is 6.79 Å². The molecule has 0 spiro atoms. The third-order valence-corrected chi connectivity index (χ3v) is 3.09. The number of rotatable bonds is 3. The molecular formula is C13H15N3O3. The molecule has 0 unspecified atom stereocenters. The zero-order valence-electron chi connectivity index (χ0n) is 10.8. The summed E-state index contributed by atoms with van der Waals surface area (Å²) in [5.74, 6) is 2.03. The van der Waals surface area contributed by atoms with Crippen molar-refractivity contribution in [3.05, 3.63) is 23.8 Å². The second-order valence-electron chi connectivity index (χ2n) is 4.35. The van der Waals surface area contributed by atoms with E-state index in [1.165, 1.54) is 0 Å². The van der Waals surface area contributed by atoms with Gasteiger partial charge >= 0.3 is 0 Å². The van der Waals surface area contributed by atoms with Gasteiger partial charge in [-0.05, 0) is 6.07 Å². The Morgan fingerprint density at radius 3 is 2.84 bits per heavy atom. The van der Waals surface area contributed by atoms with Crippen LogP contribution in [0.15, 0.2) is 18.2 Å². The molecule has 3 rings (SSSR count). The lowest BCUT2D eigenvalue weighted by Gasteiger charge is -2.07. The average Bonchev–Trinajstić information content (AvgIpc) is 2.98. The molecule has 2 N–H and O–H groups in total. The van der Waals surface area contributed by atoms with E-state index in [2.05, 4.69) is 5.10 Å². The highest BCUT2D eigenvalue weighted by Gasteiger charge is 2.23. The monoisotopic (exact) mass is 261 g/mol. The van der Waals surface area contributed by atoms with E-state index in [4.69, 9.17) is 19.9 Å². The average molecular weight is 261 g/mol. The zero-order valence-corrected chi connectivity index (χ0v) is 10.8. The molecule has 2 aromatic rings. The molecule has 0 saturated heterocycles. The highest BCUT2D eigenvalue weighted by Crippen LogP contribution is 2.43. The van der Waals surface area contributed by atoms with Crippen LogP contribution < -0.4 is 15.2 Å². The molecule has 100 valence electrons. The summed E-state index contributed by atoms with van der Waals surface area (Å²) in [5, 5.41) is 4.36. The fraction of sp³-hybridized carbons (Fsp3) is 0.308. The summed E-state index contributed by atoms with van der Waals surface area (Å²) in [6.45, 7) is 0.696. The topological polar surface area (TPSA) is 71.5 Å². The van der Waals surface area contributed by atoms with Crippen LogP contribution in [0.2, 0.25) is 0 Å². The summed E-state index contributed by atoms with van der Waals surface area (Å²) < 4.78 is 17.8. The van der Waals surface area contributed by atoms with Gasteiger partial charge in [-0.25, -0.2) is 0 Å². The number of hydrogen-bond donors (Lipinski definition) is 1.